The quantitative estimate of drug-likeness (QED) is 0.804. The zero-order valence-corrected chi connectivity index (χ0v) is 12.1. The van der Waals surface area contributed by atoms with Crippen LogP contribution < -0.4 is 5.32 Å². The molecule has 0 radical (unpaired) electrons. The maximum atomic E-state index is 11.9. The fourth-order valence-electron chi connectivity index (χ4n) is 1.72. The summed E-state index contributed by atoms with van der Waals surface area (Å²) in [6.07, 6.45) is 0.777. The number of benzene rings is 1. The summed E-state index contributed by atoms with van der Waals surface area (Å²) < 4.78 is 5.21. The van der Waals surface area contributed by atoms with E-state index in [2.05, 4.69) is 5.32 Å². The number of carbonyl (C=O) groups excluding carboxylic acids is 1. The second kappa shape index (κ2) is 7.05. The van der Waals surface area contributed by atoms with Gasteiger partial charge in [0, 0.05) is 19.2 Å². The van der Waals surface area contributed by atoms with Gasteiger partial charge in [-0.25, -0.2) is 0 Å². The number of amides is 1. The molecule has 0 saturated carbocycles. The first kappa shape index (κ1) is 16.2. The van der Waals surface area contributed by atoms with Gasteiger partial charge in [-0.05, 0) is 38.0 Å². The zero-order chi connectivity index (χ0) is 15.2. The smallest absolute Gasteiger partial charge is 0.303 e. The minimum Gasteiger partial charge on any atom is -0.481 e. The minimum atomic E-state index is -0.832. The van der Waals surface area contributed by atoms with Crippen molar-refractivity contribution in [1.29, 1.82) is 0 Å². The molecule has 0 saturated heterocycles. The van der Waals surface area contributed by atoms with Gasteiger partial charge in [0.2, 0.25) is 5.91 Å². The number of methoxy groups -OCH3 is 1. The van der Waals surface area contributed by atoms with Gasteiger partial charge in [0.1, 0.15) is 0 Å². The Bertz CT molecular complexity index is 483. The first-order chi connectivity index (χ1) is 9.32. The summed E-state index contributed by atoms with van der Waals surface area (Å²) in [6, 6.07) is 7.22. The average molecular weight is 279 g/mol. The normalized spacial score (nSPS) is 11.2. The second-order valence-corrected chi connectivity index (χ2v) is 5.28. The van der Waals surface area contributed by atoms with Crippen molar-refractivity contribution in [2.75, 3.05) is 12.4 Å². The number of rotatable bonds is 7. The van der Waals surface area contributed by atoms with Gasteiger partial charge in [0.15, 0.2) is 0 Å². The van der Waals surface area contributed by atoms with Crippen molar-refractivity contribution >= 4 is 17.6 Å². The monoisotopic (exact) mass is 279 g/mol. The van der Waals surface area contributed by atoms with E-state index in [9.17, 15) is 9.59 Å². The van der Waals surface area contributed by atoms with Crippen molar-refractivity contribution in [3.05, 3.63) is 29.8 Å². The number of nitrogens with one attached hydrogen (secondary N) is 1. The second-order valence-electron chi connectivity index (χ2n) is 5.28. The average Bonchev–Trinajstić information content (AvgIpc) is 2.36. The summed E-state index contributed by atoms with van der Waals surface area (Å²) in [4.78, 5) is 22.4. The van der Waals surface area contributed by atoms with Crippen LogP contribution in [0.25, 0.3) is 0 Å². The molecule has 0 spiro atoms. The molecular weight excluding hydrogens is 258 g/mol. The van der Waals surface area contributed by atoms with Crippen molar-refractivity contribution in [3.8, 4) is 0 Å². The molecule has 0 heterocycles. The predicted molar refractivity (Wildman–Crippen MR) is 76.7 cm³/mol. The van der Waals surface area contributed by atoms with E-state index in [0.717, 1.165) is 5.56 Å². The molecule has 0 aliphatic heterocycles. The van der Waals surface area contributed by atoms with Crippen molar-refractivity contribution in [2.45, 2.75) is 38.7 Å². The lowest BCUT2D eigenvalue weighted by Crippen LogP contribution is -2.29. The van der Waals surface area contributed by atoms with E-state index in [-0.39, 0.29) is 18.7 Å². The fourth-order valence-corrected chi connectivity index (χ4v) is 1.72. The third kappa shape index (κ3) is 5.84. The number of hydrogen-bond donors (Lipinski definition) is 2. The number of carbonyl (C=O) groups is 2. The molecule has 0 fully saturated rings. The molecule has 2 N–H and O–H groups in total. The Hall–Kier alpha value is -1.88. The molecule has 0 atom stereocenters. The molecule has 20 heavy (non-hydrogen) atoms. The SMILES string of the molecule is COC(C)(C)CC(=O)Nc1cccc(CCC(=O)O)c1. The van der Waals surface area contributed by atoms with E-state index in [1.165, 1.54) is 0 Å². The third-order valence-corrected chi connectivity index (χ3v) is 2.98. The predicted octanol–water partition coefficient (Wildman–Crippen LogP) is 2.46. The Labute approximate surface area is 118 Å². The number of anilines is 1. The fraction of sp³-hybridized carbons (Fsp3) is 0.467. The van der Waals surface area contributed by atoms with Gasteiger partial charge in [-0.1, -0.05) is 12.1 Å². The number of carboxylic acids is 1. The molecule has 0 aliphatic carbocycles. The lowest BCUT2D eigenvalue weighted by Gasteiger charge is -2.22. The van der Waals surface area contributed by atoms with E-state index in [4.69, 9.17) is 9.84 Å². The first-order valence-electron chi connectivity index (χ1n) is 6.48. The largest absolute Gasteiger partial charge is 0.481 e. The topological polar surface area (TPSA) is 75.6 Å². The standard InChI is InChI=1S/C15H21NO4/c1-15(2,20-3)10-13(17)16-12-6-4-5-11(9-12)7-8-14(18)19/h4-6,9H,7-8,10H2,1-3H3,(H,16,17)(H,18,19). The van der Waals surface area contributed by atoms with Crippen LogP contribution in [0.2, 0.25) is 0 Å². The molecule has 5 heteroatoms. The van der Waals surface area contributed by atoms with Crippen LogP contribution in [0.3, 0.4) is 0 Å². The van der Waals surface area contributed by atoms with Crippen LogP contribution in [0.1, 0.15) is 32.3 Å². The van der Waals surface area contributed by atoms with E-state index in [0.29, 0.717) is 12.1 Å². The van der Waals surface area contributed by atoms with Crippen molar-refractivity contribution in [2.24, 2.45) is 0 Å². The summed E-state index contributed by atoms with van der Waals surface area (Å²) in [6.45, 7) is 3.69. The minimum absolute atomic E-state index is 0.0775. The molecule has 0 aliphatic rings. The Morgan fingerprint density at radius 1 is 1.35 bits per heavy atom. The number of ether oxygens (including phenoxy) is 1. The van der Waals surface area contributed by atoms with Gasteiger partial charge in [-0.2, -0.15) is 0 Å². The highest BCUT2D eigenvalue weighted by Crippen LogP contribution is 2.16. The lowest BCUT2D eigenvalue weighted by atomic mass is 10.0. The van der Waals surface area contributed by atoms with E-state index in [1.54, 1.807) is 25.3 Å². The Morgan fingerprint density at radius 3 is 2.65 bits per heavy atom. The highest BCUT2D eigenvalue weighted by Gasteiger charge is 2.21. The molecule has 0 unspecified atom stereocenters. The van der Waals surface area contributed by atoms with Crippen LogP contribution in [0.5, 0.6) is 0 Å². The molecule has 5 nitrogen and oxygen atoms in total. The Kier molecular flexibility index (Phi) is 5.70. The van der Waals surface area contributed by atoms with Gasteiger partial charge in [-0.15, -0.1) is 0 Å². The van der Waals surface area contributed by atoms with Crippen LogP contribution >= 0.6 is 0 Å². The van der Waals surface area contributed by atoms with E-state index < -0.39 is 11.6 Å². The zero-order valence-electron chi connectivity index (χ0n) is 12.1. The molecule has 1 amide bonds. The van der Waals surface area contributed by atoms with Gasteiger partial charge in [0.25, 0.3) is 0 Å². The van der Waals surface area contributed by atoms with Crippen LogP contribution in [0.15, 0.2) is 24.3 Å². The van der Waals surface area contributed by atoms with Gasteiger partial charge >= 0.3 is 5.97 Å². The Balaban J connectivity index is 2.61. The van der Waals surface area contributed by atoms with Gasteiger partial charge < -0.3 is 15.2 Å². The van der Waals surface area contributed by atoms with Crippen LogP contribution in [-0.4, -0.2) is 29.7 Å². The lowest BCUT2D eigenvalue weighted by molar-refractivity contribution is -0.137. The van der Waals surface area contributed by atoms with E-state index >= 15 is 0 Å². The van der Waals surface area contributed by atoms with Gasteiger partial charge in [0.05, 0.1) is 12.0 Å². The molecule has 0 aromatic heterocycles. The molecule has 110 valence electrons. The maximum Gasteiger partial charge on any atom is 0.303 e. The maximum absolute atomic E-state index is 11.9. The van der Waals surface area contributed by atoms with Crippen LogP contribution in [-0.2, 0) is 20.7 Å². The number of carboxylic acid groups (broad SMARTS) is 1. The molecule has 0 bridgehead atoms. The summed E-state index contributed by atoms with van der Waals surface area (Å²) in [7, 11) is 1.57. The van der Waals surface area contributed by atoms with Crippen LogP contribution in [0.4, 0.5) is 5.69 Å². The Morgan fingerprint density at radius 2 is 2.05 bits per heavy atom. The summed E-state index contributed by atoms with van der Waals surface area (Å²) in [5, 5.41) is 11.5. The van der Waals surface area contributed by atoms with Crippen molar-refractivity contribution in [1.82, 2.24) is 0 Å². The number of aryl methyl sites for hydroxylation is 1. The number of hydrogen-bond acceptors (Lipinski definition) is 3. The summed E-state index contributed by atoms with van der Waals surface area (Å²) in [5.41, 5.74) is 1.05. The highest BCUT2D eigenvalue weighted by molar-refractivity contribution is 5.91. The molecule has 1 rings (SSSR count). The highest BCUT2D eigenvalue weighted by atomic mass is 16.5. The van der Waals surface area contributed by atoms with Crippen molar-refractivity contribution in [3.63, 3.8) is 0 Å². The number of aliphatic carboxylic acids is 1. The molecule has 1 aromatic carbocycles. The van der Waals surface area contributed by atoms with Crippen molar-refractivity contribution < 1.29 is 19.4 Å². The third-order valence-electron chi connectivity index (χ3n) is 2.98. The van der Waals surface area contributed by atoms with E-state index in [1.807, 2.05) is 19.9 Å². The van der Waals surface area contributed by atoms with Crippen LogP contribution in [0, 0.1) is 0 Å². The molecule has 1 aromatic rings. The molecular formula is C15H21NO4. The summed E-state index contributed by atoms with van der Waals surface area (Å²) >= 11 is 0. The summed E-state index contributed by atoms with van der Waals surface area (Å²) in [5.74, 6) is -0.964. The first-order valence-corrected chi connectivity index (χ1v) is 6.48. The van der Waals surface area contributed by atoms with Gasteiger partial charge in [-0.3, -0.25) is 9.59 Å².